The molecule has 4 heteroatoms. The highest BCUT2D eigenvalue weighted by molar-refractivity contribution is 6.62. The summed E-state index contributed by atoms with van der Waals surface area (Å²) in [5.41, 5.74) is 0.575. The van der Waals surface area contributed by atoms with Gasteiger partial charge in [-0.3, -0.25) is 0 Å². The Morgan fingerprint density at radius 1 is 1.00 bits per heavy atom. The van der Waals surface area contributed by atoms with Crippen molar-refractivity contribution in [2.75, 3.05) is 21.3 Å². The van der Waals surface area contributed by atoms with Gasteiger partial charge >= 0.3 is 8.80 Å². The van der Waals surface area contributed by atoms with E-state index in [-0.39, 0.29) is 0 Å². The monoisotopic (exact) mass is 202 g/mol. The van der Waals surface area contributed by atoms with Crippen LogP contribution in [0.3, 0.4) is 0 Å². The van der Waals surface area contributed by atoms with Crippen molar-refractivity contribution >= 4 is 8.80 Å². The Balaban J connectivity index is 2.03. The summed E-state index contributed by atoms with van der Waals surface area (Å²) in [6.45, 7) is 0. The van der Waals surface area contributed by atoms with Crippen molar-refractivity contribution < 1.29 is 13.3 Å². The third-order valence-corrected chi connectivity index (χ3v) is 7.14. The molecule has 0 saturated heterocycles. The van der Waals surface area contributed by atoms with Crippen LogP contribution >= 0.6 is 0 Å². The smallest absolute Gasteiger partial charge is 0.377 e. The lowest BCUT2D eigenvalue weighted by Gasteiger charge is -2.56. The number of rotatable bonds is 4. The summed E-state index contributed by atoms with van der Waals surface area (Å²) < 4.78 is 16.5. The van der Waals surface area contributed by atoms with Crippen LogP contribution in [0.25, 0.3) is 0 Å². The van der Waals surface area contributed by atoms with Crippen LogP contribution in [0, 0.1) is 11.8 Å². The molecule has 2 aliphatic carbocycles. The van der Waals surface area contributed by atoms with Gasteiger partial charge in [0.1, 0.15) is 0 Å². The molecular formula is C9H18O3Si. The molecule has 2 saturated carbocycles. The Morgan fingerprint density at radius 2 is 1.62 bits per heavy atom. The second kappa shape index (κ2) is 3.35. The van der Waals surface area contributed by atoms with E-state index in [1.807, 2.05) is 0 Å². The van der Waals surface area contributed by atoms with E-state index >= 15 is 0 Å². The molecule has 0 heterocycles. The van der Waals surface area contributed by atoms with Gasteiger partial charge in [-0.1, -0.05) is 0 Å². The van der Waals surface area contributed by atoms with Gasteiger partial charge in [0.2, 0.25) is 0 Å². The summed E-state index contributed by atoms with van der Waals surface area (Å²) in [6.07, 6.45) is 4.01. The number of hydrogen-bond donors (Lipinski definition) is 0. The van der Waals surface area contributed by atoms with Crippen molar-refractivity contribution in [3.05, 3.63) is 0 Å². The minimum absolute atomic E-state index is 0.575. The molecule has 0 amide bonds. The van der Waals surface area contributed by atoms with Crippen LogP contribution in [0.1, 0.15) is 19.3 Å². The van der Waals surface area contributed by atoms with E-state index in [9.17, 15) is 0 Å². The van der Waals surface area contributed by atoms with E-state index in [1.54, 1.807) is 21.3 Å². The zero-order chi connectivity index (χ0) is 9.47. The molecule has 0 aromatic rings. The van der Waals surface area contributed by atoms with Gasteiger partial charge in [0.15, 0.2) is 0 Å². The first-order valence-electron chi connectivity index (χ1n) is 4.93. The zero-order valence-corrected chi connectivity index (χ0v) is 9.58. The predicted molar refractivity (Wildman–Crippen MR) is 51.4 cm³/mol. The first kappa shape index (κ1) is 9.64. The van der Waals surface area contributed by atoms with E-state index < -0.39 is 8.80 Å². The summed E-state index contributed by atoms with van der Waals surface area (Å²) in [7, 11) is 2.85. The summed E-state index contributed by atoms with van der Waals surface area (Å²) >= 11 is 0. The van der Waals surface area contributed by atoms with Crippen LogP contribution in [0.5, 0.6) is 0 Å². The van der Waals surface area contributed by atoms with Gasteiger partial charge in [0, 0.05) is 26.9 Å². The highest BCUT2D eigenvalue weighted by Crippen LogP contribution is 2.61. The van der Waals surface area contributed by atoms with E-state index in [0.717, 1.165) is 11.8 Å². The van der Waals surface area contributed by atoms with E-state index in [0.29, 0.717) is 5.54 Å². The van der Waals surface area contributed by atoms with Crippen LogP contribution in [-0.4, -0.2) is 30.1 Å². The SMILES string of the molecule is CO[Si](OC)(OC)C1CC2CCC21. The van der Waals surface area contributed by atoms with Gasteiger partial charge in [-0.25, -0.2) is 0 Å². The normalized spacial score (nSPS) is 37.6. The van der Waals surface area contributed by atoms with Gasteiger partial charge < -0.3 is 13.3 Å². The molecule has 0 spiro atoms. The Bertz CT molecular complexity index is 185. The minimum atomic E-state index is -2.29. The highest BCUT2D eigenvalue weighted by atomic mass is 28.4. The quantitative estimate of drug-likeness (QED) is 0.649. The van der Waals surface area contributed by atoms with Gasteiger partial charge in [-0.05, 0) is 31.1 Å². The molecule has 3 nitrogen and oxygen atoms in total. The maximum atomic E-state index is 5.49. The third kappa shape index (κ3) is 1.20. The standard InChI is InChI=1S/C9H18O3Si/c1-10-13(11-2,12-3)9-6-7-4-5-8(7)9/h7-9H,4-6H2,1-3H3. The second-order valence-corrected chi connectivity index (χ2v) is 7.23. The van der Waals surface area contributed by atoms with E-state index in [2.05, 4.69) is 0 Å². The van der Waals surface area contributed by atoms with Crippen LogP contribution in [-0.2, 0) is 13.3 Å². The molecule has 76 valence electrons. The van der Waals surface area contributed by atoms with Gasteiger partial charge in [0.05, 0.1) is 0 Å². The van der Waals surface area contributed by atoms with Crippen molar-refractivity contribution in [3.63, 3.8) is 0 Å². The number of hydrogen-bond acceptors (Lipinski definition) is 3. The summed E-state index contributed by atoms with van der Waals surface area (Å²) in [6, 6.07) is 0. The lowest BCUT2D eigenvalue weighted by Crippen LogP contribution is -2.59. The van der Waals surface area contributed by atoms with Crippen molar-refractivity contribution in [1.82, 2.24) is 0 Å². The minimum Gasteiger partial charge on any atom is -0.377 e. The van der Waals surface area contributed by atoms with Crippen molar-refractivity contribution in [3.8, 4) is 0 Å². The maximum Gasteiger partial charge on any atom is 0.503 e. The molecule has 0 aliphatic heterocycles. The lowest BCUT2D eigenvalue weighted by molar-refractivity contribution is -0.00522. The average Bonchev–Trinajstić information content (AvgIpc) is 2.15. The molecule has 0 bridgehead atoms. The van der Waals surface area contributed by atoms with E-state index in [1.165, 1.54) is 19.3 Å². The van der Waals surface area contributed by atoms with Crippen LogP contribution < -0.4 is 0 Å². The van der Waals surface area contributed by atoms with E-state index in [4.69, 9.17) is 13.3 Å². The van der Waals surface area contributed by atoms with Gasteiger partial charge in [-0.15, -0.1) is 0 Å². The van der Waals surface area contributed by atoms with Crippen LogP contribution in [0.15, 0.2) is 0 Å². The maximum absolute atomic E-state index is 5.49. The fourth-order valence-corrected chi connectivity index (χ4v) is 5.80. The summed E-state index contributed by atoms with van der Waals surface area (Å²) in [5, 5.41) is 0. The van der Waals surface area contributed by atoms with Crippen LogP contribution in [0.4, 0.5) is 0 Å². The first-order valence-corrected chi connectivity index (χ1v) is 6.73. The molecule has 0 radical (unpaired) electrons. The topological polar surface area (TPSA) is 27.7 Å². The molecule has 2 fully saturated rings. The van der Waals surface area contributed by atoms with Crippen molar-refractivity contribution in [2.24, 2.45) is 11.8 Å². The number of fused-ring (bicyclic) bond motifs is 1. The first-order chi connectivity index (χ1) is 6.27. The van der Waals surface area contributed by atoms with Gasteiger partial charge in [-0.2, -0.15) is 0 Å². The Kier molecular flexibility index (Phi) is 2.48. The average molecular weight is 202 g/mol. The van der Waals surface area contributed by atoms with Crippen molar-refractivity contribution in [2.45, 2.75) is 24.8 Å². The summed E-state index contributed by atoms with van der Waals surface area (Å²) in [5.74, 6) is 1.80. The highest BCUT2D eigenvalue weighted by Gasteiger charge is 2.61. The Hall–Kier alpha value is 0.0969. The third-order valence-electron chi connectivity index (χ3n) is 3.86. The molecule has 3 unspecified atom stereocenters. The zero-order valence-electron chi connectivity index (χ0n) is 8.58. The lowest BCUT2D eigenvalue weighted by atomic mass is 9.59. The molecule has 2 aliphatic rings. The molecule has 13 heavy (non-hydrogen) atoms. The predicted octanol–water partition coefficient (Wildman–Crippen LogP) is 1.66. The molecule has 0 N–H and O–H groups in total. The van der Waals surface area contributed by atoms with Crippen LogP contribution in [0.2, 0.25) is 5.54 Å². The Morgan fingerprint density at radius 3 is 1.85 bits per heavy atom. The second-order valence-electron chi connectivity index (χ2n) is 4.06. The van der Waals surface area contributed by atoms with Gasteiger partial charge in [0.25, 0.3) is 0 Å². The molecule has 3 atom stereocenters. The van der Waals surface area contributed by atoms with Crippen molar-refractivity contribution in [1.29, 1.82) is 0 Å². The Labute approximate surface area is 80.7 Å². The fourth-order valence-electron chi connectivity index (χ4n) is 2.83. The fraction of sp³-hybridized carbons (Fsp3) is 1.00. The molecule has 0 aromatic heterocycles. The molecule has 0 aromatic carbocycles. The largest absolute Gasteiger partial charge is 0.503 e. The molecular weight excluding hydrogens is 184 g/mol. The summed E-state index contributed by atoms with van der Waals surface area (Å²) in [4.78, 5) is 0. The molecule has 2 rings (SSSR count).